The van der Waals surface area contributed by atoms with E-state index >= 15 is 0 Å². The molecule has 94 valence electrons. The van der Waals surface area contributed by atoms with Crippen molar-refractivity contribution < 1.29 is 0 Å². The van der Waals surface area contributed by atoms with Crippen LogP contribution in [-0.2, 0) is 6.42 Å². The van der Waals surface area contributed by atoms with Gasteiger partial charge in [-0.3, -0.25) is 4.98 Å². The first kappa shape index (κ1) is 12.8. The highest BCUT2D eigenvalue weighted by Crippen LogP contribution is 2.25. The standard InChI is InChI=1S/C16H20N2/c1-4-13-11-18-9-8-15(13)16(17-3)14-7-5-6-12(2)10-14/h5-11,16-17H,4H2,1-3H3. The van der Waals surface area contributed by atoms with Gasteiger partial charge < -0.3 is 5.32 Å². The summed E-state index contributed by atoms with van der Waals surface area (Å²) in [6, 6.07) is 11.0. The number of aryl methyl sites for hydroxylation is 2. The molecule has 2 nitrogen and oxygen atoms in total. The second-order valence-electron chi connectivity index (χ2n) is 4.56. The number of rotatable bonds is 4. The van der Waals surface area contributed by atoms with Gasteiger partial charge in [0.2, 0.25) is 0 Å². The number of nitrogens with one attached hydrogen (secondary N) is 1. The summed E-state index contributed by atoms with van der Waals surface area (Å²) >= 11 is 0. The molecule has 0 bridgehead atoms. The summed E-state index contributed by atoms with van der Waals surface area (Å²) in [5.74, 6) is 0. The second-order valence-corrected chi connectivity index (χ2v) is 4.56. The van der Waals surface area contributed by atoms with Crippen LogP contribution in [0.5, 0.6) is 0 Å². The molecule has 1 aromatic carbocycles. The van der Waals surface area contributed by atoms with Crippen molar-refractivity contribution in [1.29, 1.82) is 0 Å². The van der Waals surface area contributed by atoms with Gasteiger partial charge in [-0.1, -0.05) is 36.8 Å². The van der Waals surface area contributed by atoms with Gasteiger partial charge in [-0.25, -0.2) is 0 Å². The monoisotopic (exact) mass is 240 g/mol. The molecule has 18 heavy (non-hydrogen) atoms. The third-order valence-corrected chi connectivity index (χ3v) is 3.30. The molecule has 0 aliphatic carbocycles. The summed E-state index contributed by atoms with van der Waals surface area (Å²) in [4.78, 5) is 4.22. The van der Waals surface area contributed by atoms with Crippen molar-refractivity contribution in [3.8, 4) is 0 Å². The van der Waals surface area contributed by atoms with Crippen molar-refractivity contribution in [3.63, 3.8) is 0 Å². The van der Waals surface area contributed by atoms with Crippen LogP contribution >= 0.6 is 0 Å². The smallest absolute Gasteiger partial charge is 0.0578 e. The van der Waals surface area contributed by atoms with Crippen molar-refractivity contribution >= 4 is 0 Å². The minimum atomic E-state index is 0.239. The molecular weight excluding hydrogens is 220 g/mol. The molecule has 0 radical (unpaired) electrons. The molecule has 1 N–H and O–H groups in total. The number of benzene rings is 1. The predicted octanol–water partition coefficient (Wildman–Crippen LogP) is 3.26. The van der Waals surface area contributed by atoms with E-state index in [1.165, 1.54) is 22.3 Å². The lowest BCUT2D eigenvalue weighted by atomic mass is 9.94. The first-order valence-electron chi connectivity index (χ1n) is 6.43. The Kier molecular flexibility index (Phi) is 4.11. The molecule has 2 aromatic rings. The van der Waals surface area contributed by atoms with Gasteiger partial charge in [0.05, 0.1) is 6.04 Å². The number of hydrogen-bond acceptors (Lipinski definition) is 2. The maximum atomic E-state index is 4.22. The molecule has 1 aromatic heterocycles. The lowest BCUT2D eigenvalue weighted by Crippen LogP contribution is -2.19. The molecule has 1 unspecified atom stereocenters. The van der Waals surface area contributed by atoms with E-state index in [0.29, 0.717) is 0 Å². The Morgan fingerprint density at radius 2 is 2.11 bits per heavy atom. The fraction of sp³-hybridized carbons (Fsp3) is 0.312. The van der Waals surface area contributed by atoms with E-state index in [9.17, 15) is 0 Å². The average molecular weight is 240 g/mol. The summed E-state index contributed by atoms with van der Waals surface area (Å²) in [7, 11) is 2.01. The van der Waals surface area contributed by atoms with Gasteiger partial charge in [0, 0.05) is 12.4 Å². The number of pyridine rings is 1. The van der Waals surface area contributed by atoms with Crippen LogP contribution in [0.25, 0.3) is 0 Å². The Morgan fingerprint density at radius 3 is 2.78 bits per heavy atom. The molecular formula is C16H20N2. The lowest BCUT2D eigenvalue weighted by Gasteiger charge is -2.20. The van der Waals surface area contributed by atoms with Crippen LogP contribution in [0.1, 0.15) is 35.2 Å². The first-order valence-corrected chi connectivity index (χ1v) is 6.43. The van der Waals surface area contributed by atoms with Crippen LogP contribution in [0.2, 0.25) is 0 Å². The molecule has 2 heteroatoms. The summed E-state index contributed by atoms with van der Waals surface area (Å²) in [5, 5.41) is 3.41. The minimum absolute atomic E-state index is 0.239. The SMILES string of the molecule is CCc1cnccc1C(NC)c1cccc(C)c1. The largest absolute Gasteiger partial charge is 0.309 e. The van der Waals surface area contributed by atoms with Crippen LogP contribution in [0.3, 0.4) is 0 Å². The van der Waals surface area contributed by atoms with E-state index in [2.05, 4.69) is 54.5 Å². The van der Waals surface area contributed by atoms with Crippen molar-refractivity contribution in [2.45, 2.75) is 26.3 Å². The summed E-state index contributed by atoms with van der Waals surface area (Å²) in [6.45, 7) is 4.30. The highest BCUT2D eigenvalue weighted by Gasteiger charge is 2.14. The molecule has 2 rings (SSSR count). The molecule has 0 saturated heterocycles. The van der Waals surface area contributed by atoms with Crippen molar-refractivity contribution in [2.75, 3.05) is 7.05 Å². The Bertz CT molecular complexity index is 520. The summed E-state index contributed by atoms with van der Waals surface area (Å²) in [5.41, 5.74) is 5.22. The second kappa shape index (κ2) is 5.78. The Morgan fingerprint density at radius 1 is 1.28 bits per heavy atom. The minimum Gasteiger partial charge on any atom is -0.309 e. The highest BCUT2D eigenvalue weighted by molar-refractivity contribution is 5.37. The zero-order valence-electron chi connectivity index (χ0n) is 11.3. The molecule has 0 aliphatic rings. The lowest BCUT2D eigenvalue weighted by molar-refractivity contribution is 0.682. The molecule has 0 fully saturated rings. The average Bonchev–Trinajstić information content (AvgIpc) is 2.40. The van der Waals surface area contributed by atoms with Crippen LogP contribution in [0, 0.1) is 6.92 Å². The zero-order chi connectivity index (χ0) is 13.0. The third kappa shape index (κ3) is 2.59. The van der Waals surface area contributed by atoms with E-state index < -0.39 is 0 Å². The van der Waals surface area contributed by atoms with Gasteiger partial charge in [0.1, 0.15) is 0 Å². The van der Waals surface area contributed by atoms with Gasteiger partial charge in [-0.2, -0.15) is 0 Å². The summed E-state index contributed by atoms with van der Waals surface area (Å²) in [6.07, 6.45) is 4.84. The third-order valence-electron chi connectivity index (χ3n) is 3.30. The van der Waals surface area contributed by atoms with Gasteiger partial charge in [0.15, 0.2) is 0 Å². The highest BCUT2D eigenvalue weighted by atomic mass is 14.9. The zero-order valence-corrected chi connectivity index (χ0v) is 11.3. The Balaban J connectivity index is 2.45. The fourth-order valence-corrected chi connectivity index (χ4v) is 2.37. The van der Waals surface area contributed by atoms with Gasteiger partial charge in [0.25, 0.3) is 0 Å². The molecule has 0 amide bonds. The van der Waals surface area contributed by atoms with E-state index in [1.807, 2.05) is 19.4 Å². The van der Waals surface area contributed by atoms with Crippen molar-refractivity contribution in [1.82, 2.24) is 10.3 Å². The normalized spacial score (nSPS) is 12.4. The van der Waals surface area contributed by atoms with Gasteiger partial charge in [-0.05, 0) is 43.1 Å². The van der Waals surface area contributed by atoms with E-state index in [-0.39, 0.29) is 6.04 Å². The van der Waals surface area contributed by atoms with Gasteiger partial charge >= 0.3 is 0 Å². The number of hydrogen-bond donors (Lipinski definition) is 1. The number of nitrogens with zero attached hydrogens (tertiary/aromatic N) is 1. The molecule has 0 aliphatic heterocycles. The van der Waals surface area contributed by atoms with Crippen molar-refractivity contribution in [2.24, 2.45) is 0 Å². The topological polar surface area (TPSA) is 24.9 Å². The van der Waals surface area contributed by atoms with E-state index in [0.717, 1.165) is 6.42 Å². The molecule has 0 spiro atoms. The summed E-state index contributed by atoms with van der Waals surface area (Å²) < 4.78 is 0. The maximum absolute atomic E-state index is 4.22. The molecule has 0 saturated carbocycles. The molecule has 1 atom stereocenters. The Hall–Kier alpha value is -1.67. The molecule has 1 heterocycles. The fourth-order valence-electron chi connectivity index (χ4n) is 2.37. The van der Waals surface area contributed by atoms with E-state index in [4.69, 9.17) is 0 Å². The van der Waals surface area contributed by atoms with Crippen molar-refractivity contribution in [3.05, 3.63) is 65.0 Å². The van der Waals surface area contributed by atoms with Crippen LogP contribution in [0.15, 0.2) is 42.7 Å². The quantitative estimate of drug-likeness (QED) is 0.887. The first-order chi connectivity index (χ1) is 8.76. The van der Waals surface area contributed by atoms with Gasteiger partial charge in [-0.15, -0.1) is 0 Å². The maximum Gasteiger partial charge on any atom is 0.0578 e. The van der Waals surface area contributed by atoms with E-state index in [1.54, 1.807) is 0 Å². The number of aromatic nitrogens is 1. The van der Waals surface area contributed by atoms with Crippen LogP contribution in [-0.4, -0.2) is 12.0 Å². The predicted molar refractivity (Wildman–Crippen MR) is 75.7 cm³/mol. The van der Waals surface area contributed by atoms with Crippen LogP contribution < -0.4 is 5.32 Å². The Labute approximate surface area is 109 Å². The van der Waals surface area contributed by atoms with Crippen LogP contribution in [0.4, 0.5) is 0 Å².